The van der Waals surface area contributed by atoms with Crippen molar-refractivity contribution in [2.45, 2.75) is 172 Å². The maximum absolute atomic E-state index is 13.1. The lowest BCUT2D eigenvalue weighted by atomic mass is 10.1. The van der Waals surface area contributed by atoms with Crippen LogP contribution in [0.3, 0.4) is 0 Å². The molecule has 5 aliphatic heterocycles. The largest absolute Gasteiger partial charge is 0.493 e. The minimum atomic E-state index is -3.83. The summed E-state index contributed by atoms with van der Waals surface area (Å²) in [4.78, 5) is 3.55. The van der Waals surface area contributed by atoms with Crippen LogP contribution in [0.2, 0.25) is 25.1 Å². The van der Waals surface area contributed by atoms with E-state index in [0.29, 0.717) is 69.2 Å². The molecule has 10 atom stereocenters. The second-order valence-corrected chi connectivity index (χ2v) is 57.6. The Balaban J connectivity index is 0.000000168. The summed E-state index contributed by atoms with van der Waals surface area (Å²) in [7, 11) is -30.9. The summed E-state index contributed by atoms with van der Waals surface area (Å²) in [6.45, 7) is 6.06. The van der Waals surface area contributed by atoms with Crippen molar-refractivity contribution < 1.29 is 93.7 Å². The van der Waals surface area contributed by atoms with E-state index in [0.717, 1.165) is 61.6 Å². The van der Waals surface area contributed by atoms with Gasteiger partial charge in [0.1, 0.15) is 0 Å². The summed E-state index contributed by atoms with van der Waals surface area (Å²) in [6.07, 6.45) is 9.72. The number of methoxy groups -OCH3 is 2. The van der Waals surface area contributed by atoms with E-state index >= 15 is 0 Å². The maximum atomic E-state index is 13.1. The van der Waals surface area contributed by atoms with Gasteiger partial charge in [-0.3, -0.25) is 0 Å². The van der Waals surface area contributed by atoms with Crippen molar-refractivity contribution in [3.63, 3.8) is 0 Å². The van der Waals surface area contributed by atoms with E-state index in [2.05, 4.69) is 21.3 Å². The Morgan fingerprint density at radius 1 is 0.395 bits per heavy atom. The smallest absolute Gasteiger partial charge is 0.183 e. The van der Waals surface area contributed by atoms with Crippen LogP contribution in [0.15, 0.2) is 206 Å². The average molecular weight is 2090 g/mol. The van der Waals surface area contributed by atoms with Gasteiger partial charge in [-0.25, -0.2) is 84.2 Å². The summed E-state index contributed by atoms with van der Waals surface area (Å²) in [5, 5.41) is 12.0. The zero-order chi connectivity index (χ0) is 94.3. The fourth-order valence-electron chi connectivity index (χ4n) is 16.4. The topological polar surface area (TPSA) is 411 Å². The van der Waals surface area contributed by atoms with Gasteiger partial charge < -0.3 is 35.6 Å². The van der Waals surface area contributed by atoms with Gasteiger partial charge in [-0.1, -0.05) is 139 Å². The molecule has 6 aliphatic rings. The minimum Gasteiger partial charge on any atom is -0.493 e. The molecule has 5 saturated heterocycles. The Bertz CT molecular complexity index is 6360. The summed E-state index contributed by atoms with van der Waals surface area (Å²) >= 11 is 30.7. The van der Waals surface area contributed by atoms with Gasteiger partial charge in [0.15, 0.2) is 110 Å². The fourth-order valence-corrected chi connectivity index (χ4v) is 41.5. The van der Waals surface area contributed by atoms with E-state index in [-0.39, 0.29) is 82.3 Å². The first-order valence-corrected chi connectivity index (χ1v) is 61.1. The Morgan fingerprint density at radius 3 is 1.14 bits per heavy atom. The second kappa shape index (κ2) is 45.5. The molecule has 0 spiro atoms. The Kier molecular flexibility index (Phi) is 37.3. The highest BCUT2D eigenvalue weighted by molar-refractivity contribution is 7.98. The molecule has 6 fully saturated rings. The van der Waals surface area contributed by atoms with Crippen LogP contribution in [0.4, 0.5) is 0 Å². The van der Waals surface area contributed by atoms with E-state index in [9.17, 15) is 84.2 Å². The third kappa shape index (κ3) is 29.3. The van der Waals surface area contributed by atoms with Crippen LogP contribution in [0.1, 0.15) is 79.9 Å². The highest BCUT2D eigenvalue weighted by Gasteiger charge is 2.51. The number of ether oxygens (including phenoxy) is 2. The standard InChI is InChI=1S/C20H24ClNO6S2.C18H20ClNO4S2.C17H24ClNO4S2.C16H18ClNO4S3.C15H22ClNO4S2/c1-27-18-8-3-14(11-19(18)28-2)9-10-22-17-12-29(23,24)13-20(17)30(25,26)16-6-4-15(21)5-7-16;1-13-3-2-4-14(9-13)10-20-17-11-25(21,22)12-18(17)26(23,24)16-7-5-15(19)6-8-16;18-13-7-9-15(10-8-13)25(22,23)17-12-24(20,21)11-16(17)19-14-5-3-1-2-4-6-14;17-12-3-5-14(6-4-12)25(21,22)16-11-24(19,20)10-15(16)18-8-7-13-2-1-9-23-13;1-3-4-9-17(2)14-10-22(18,19)11-15(14)23(20,21)13-7-5-12(16)6-8-13/h3-8,11,17,20,22H,9-10,12-13H2,1-2H3;2-9,17-18,20H,10-12H2,1H3;7-10,14,16-17,19H,1-6,11-12H2;1-6,9,15-16,18H,7-8,10-11H2;5-8,14-15H,3-4,9-11H2,1-2H3/t17-,20-;17-,18-;16-,17-;15-,16-;14-,15-/m00000/s1. The van der Waals surface area contributed by atoms with Crippen molar-refractivity contribution in [2.24, 2.45) is 0 Å². The van der Waals surface area contributed by atoms with Gasteiger partial charge in [0, 0.05) is 79.3 Å². The first kappa shape index (κ1) is 106. The van der Waals surface area contributed by atoms with Gasteiger partial charge in [0.05, 0.1) is 122 Å². The lowest BCUT2D eigenvalue weighted by molar-refractivity contribution is 0.259. The van der Waals surface area contributed by atoms with E-state index in [1.807, 2.05) is 72.7 Å². The Hall–Kier alpha value is -5.41. The quantitative estimate of drug-likeness (QED) is 0.0316. The van der Waals surface area contributed by atoms with Crippen LogP contribution in [0.25, 0.3) is 0 Å². The normalized spacial score (nSPS) is 23.5. The molecule has 129 heavy (non-hydrogen) atoms. The van der Waals surface area contributed by atoms with Gasteiger partial charge in [-0.2, -0.15) is 0 Å². The van der Waals surface area contributed by atoms with Crippen LogP contribution in [-0.2, 0) is 118 Å². The summed E-state index contributed by atoms with van der Waals surface area (Å²) in [6, 6.07) is 43.7. The van der Waals surface area contributed by atoms with Crippen molar-refractivity contribution >= 4 is 168 Å². The highest BCUT2D eigenvalue weighted by atomic mass is 35.5. The molecule has 4 N–H and O–H groups in total. The number of benzene rings is 7. The summed E-state index contributed by atoms with van der Waals surface area (Å²) in [5.41, 5.74) is 3.03. The van der Waals surface area contributed by atoms with Crippen LogP contribution < -0.4 is 30.7 Å². The van der Waals surface area contributed by atoms with Crippen LogP contribution in [-0.4, -0.2) is 250 Å². The summed E-state index contributed by atoms with van der Waals surface area (Å²) < 4.78 is 261. The van der Waals surface area contributed by atoms with Gasteiger partial charge in [-0.15, -0.1) is 11.3 Å². The minimum absolute atomic E-state index is 0.0701. The molecule has 1 saturated carbocycles. The average Bonchev–Trinajstić information content (AvgIpc) is 1.64. The number of sulfone groups is 10. The number of nitrogens with zero attached hydrogens (tertiary/aromatic N) is 1. The SMILES string of the molecule is CCCCN(C)[C@H]1CS(=O)(=O)C[C@@H]1S(=O)(=O)c1ccc(Cl)cc1.COc1ccc(CCN[C@H]2CS(=O)(=O)C[C@@H]2S(=O)(=O)c2ccc(Cl)cc2)cc1OC.Cc1cccc(CN[C@H]2CS(=O)(=O)C[C@@H]2S(=O)(=O)c2ccc(Cl)cc2)c1.O=S1(=O)C[C@H](NC2CCCCCC2)[C@@H](S(=O)(=O)c2ccc(Cl)cc2)C1.O=S1(=O)C[C@H](NCCc2cccs2)[C@@H](S(=O)(=O)c2ccc(Cl)cc2)C1. The first-order valence-electron chi connectivity index (χ1n) is 41.5. The molecule has 43 heteroatoms. The van der Waals surface area contributed by atoms with E-state index in [4.69, 9.17) is 67.5 Å². The van der Waals surface area contributed by atoms with Crippen molar-refractivity contribution in [3.05, 3.63) is 228 Å². The lowest BCUT2D eigenvalue weighted by Crippen LogP contribution is -2.47. The molecule has 7 aromatic carbocycles. The molecular formula is C86H108Cl5N5O22S11. The zero-order valence-electron chi connectivity index (χ0n) is 71.5. The number of nitrogens with one attached hydrogen (secondary N) is 4. The molecule has 1 aliphatic carbocycles. The molecule has 0 unspecified atom stereocenters. The van der Waals surface area contributed by atoms with E-state index in [1.54, 1.807) is 38.7 Å². The molecule has 27 nitrogen and oxygen atoms in total. The number of halogens is 5. The van der Waals surface area contributed by atoms with E-state index < -0.39 is 161 Å². The van der Waals surface area contributed by atoms with Crippen molar-refractivity contribution in [1.29, 1.82) is 0 Å². The number of thiophene rings is 1. The molecular weight excluding hydrogens is 1980 g/mol. The third-order valence-electron chi connectivity index (χ3n) is 23.2. The van der Waals surface area contributed by atoms with Gasteiger partial charge >= 0.3 is 0 Å². The number of unbranched alkanes of at least 4 members (excludes halogenated alkanes) is 1. The van der Waals surface area contributed by atoms with Crippen LogP contribution in [0.5, 0.6) is 11.5 Å². The van der Waals surface area contributed by atoms with Gasteiger partial charge in [-0.05, 0) is 215 Å². The maximum Gasteiger partial charge on any atom is 0.183 e. The predicted octanol–water partition coefficient (Wildman–Crippen LogP) is 11.3. The predicted molar refractivity (Wildman–Crippen MR) is 512 cm³/mol. The van der Waals surface area contributed by atoms with Crippen molar-refractivity contribution in [1.82, 2.24) is 26.2 Å². The highest BCUT2D eigenvalue weighted by Crippen LogP contribution is 2.36. The molecule has 1 aromatic heterocycles. The van der Waals surface area contributed by atoms with Crippen molar-refractivity contribution in [3.8, 4) is 11.5 Å². The van der Waals surface area contributed by atoms with Gasteiger partial charge in [0.25, 0.3) is 0 Å². The molecule has 710 valence electrons. The molecule has 0 bridgehead atoms. The van der Waals surface area contributed by atoms with Crippen LogP contribution >= 0.6 is 69.3 Å². The molecule has 6 heterocycles. The number of aryl methyl sites for hydroxylation is 1. The Labute approximate surface area is 789 Å². The van der Waals surface area contributed by atoms with Crippen LogP contribution in [0, 0.1) is 6.92 Å². The third-order valence-corrected chi connectivity index (χ3v) is 46.2. The fraction of sp³-hybridized carbons (Fsp3) is 0.465. The summed E-state index contributed by atoms with van der Waals surface area (Å²) in [5.74, 6) is -1.31. The monoisotopic (exact) mass is 2090 g/mol. The number of hydrogen-bond donors (Lipinski definition) is 4. The molecule has 8 aromatic rings. The molecule has 0 radical (unpaired) electrons. The van der Waals surface area contributed by atoms with E-state index in [1.165, 1.54) is 139 Å². The zero-order valence-corrected chi connectivity index (χ0v) is 84.2. The lowest BCUT2D eigenvalue weighted by Gasteiger charge is -2.28. The Morgan fingerprint density at radius 2 is 0.760 bits per heavy atom. The van der Waals surface area contributed by atoms with Gasteiger partial charge in [0.2, 0.25) is 0 Å². The number of hydrogen-bond acceptors (Lipinski definition) is 28. The second-order valence-electron chi connectivity index (χ2n) is 32.8. The van der Waals surface area contributed by atoms with Crippen molar-refractivity contribution in [2.75, 3.05) is 98.4 Å². The molecule has 14 rings (SSSR count). The number of rotatable bonds is 29. The molecule has 0 amide bonds. The first-order chi connectivity index (χ1) is 60.6.